The van der Waals surface area contributed by atoms with Gasteiger partial charge >= 0.3 is 0 Å². The second-order valence-electron chi connectivity index (χ2n) is 6.36. The van der Waals surface area contributed by atoms with Crippen LogP contribution in [-0.2, 0) is 0 Å². The molecule has 1 aliphatic rings. The summed E-state index contributed by atoms with van der Waals surface area (Å²) in [5.74, 6) is -1.04. The smallest absolute Gasteiger partial charge is 0.255 e. The summed E-state index contributed by atoms with van der Waals surface area (Å²) in [7, 11) is 1.47. The zero-order valence-corrected chi connectivity index (χ0v) is 17.2. The monoisotopic (exact) mass is 454 g/mol. The molecule has 3 rings (SSSR count). The van der Waals surface area contributed by atoms with Crippen LogP contribution in [0.2, 0.25) is 0 Å². The molecule has 0 aromatic heterocycles. The first kappa shape index (κ1) is 20.4. The molecule has 0 unspecified atom stereocenters. The highest BCUT2D eigenvalue weighted by molar-refractivity contribution is 9.10. The highest BCUT2D eigenvalue weighted by atomic mass is 79.9. The zero-order chi connectivity index (χ0) is 20.3. The molecule has 1 amide bonds. The highest BCUT2D eigenvalue weighted by Crippen LogP contribution is 2.37. The first-order chi connectivity index (χ1) is 13.4. The Kier molecular flexibility index (Phi) is 6.39. The molecule has 0 atom stereocenters. The van der Waals surface area contributed by atoms with E-state index in [2.05, 4.69) is 21.2 Å². The molecule has 2 aromatic carbocycles. The lowest BCUT2D eigenvalue weighted by Gasteiger charge is -2.20. The third-order valence-electron chi connectivity index (χ3n) is 4.48. The number of amides is 1. The number of rotatable bonds is 6. The fourth-order valence-electron chi connectivity index (χ4n) is 3.22. The van der Waals surface area contributed by atoms with Gasteiger partial charge in [-0.05, 0) is 60.0 Å². The van der Waals surface area contributed by atoms with Crippen LogP contribution in [0.25, 0.3) is 0 Å². The number of nitrogens with one attached hydrogen (secondary N) is 1. The van der Waals surface area contributed by atoms with E-state index in [0.717, 1.165) is 25.0 Å². The lowest BCUT2D eigenvalue weighted by atomic mass is 10.1. The van der Waals surface area contributed by atoms with Gasteiger partial charge in [0.2, 0.25) is 0 Å². The molecule has 28 heavy (non-hydrogen) atoms. The van der Waals surface area contributed by atoms with Crippen LogP contribution in [0.3, 0.4) is 0 Å². The maximum absolute atomic E-state index is 14.5. The zero-order valence-electron chi connectivity index (χ0n) is 15.7. The minimum absolute atomic E-state index is 0.0408. The van der Waals surface area contributed by atoms with Crippen LogP contribution in [-0.4, -0.2) is 32.7 Å². The lowest BCUT2D eigenvalue weighted by Crippen LogP contribution is -2.21. The molecule has 1 saturated heterocycles. The molecule has 0 aliphatic carbocycles. The fourth-order valence-corrected chi connectivity index (χ4v) is 3.78. The van der Waals surface area contributed by atoms with Crippen LogP contribution >= 0.6 is 15.9 Å². The number of carbonyl (C=O) groups is 1. The van der Waals surface area contributed by atoms with Crippen LogP contribution < -0.4 is 19.7 Å². The van der Waals surface area contributed by atoms with E-state index in [4.69, 9.17) is 9.47 Å². The van der Waals surface area contributed by atoms with Crippen molar-refractivity contribution >= 4 is 33.2 Å². The van der Waals surface area contributed by atoms with Crippen molar-refractivity contribution in [2.24, 2.45) is 0 Å². The average Bonchev–Trinajstić information content (AvgIpc) is 3.16. The predicted molar refractivity (Wildman–Crippen MR) is 108 cm³/mol. The van der Waals surface area contributed by atoms with Gasteiger partial charge in [-0.2, -0.15) is 0 Å². The molecule has 0 bridgehead atoms. The standard InChI is InChI=1S/C20H21BrF2N2O3/c1-3-28-19-14(21)8-12(9-17(19)27-2)20(26)24-13-10-15(22)18(16(23)11-13)25-6-4-5-7-25/h8-11H,3-7H2,1-2H3,(H,24,26). The summed E-state index contributed by atoms with van der Waals surface area (Å²) >= 11 is 3.35. The number of nitrogens with zero attached hydrogens (tertiary/aromatic N) is 1. The van der Waals surface area contributed by atoms with Crippen molar-refractivity contribution in [1.82, 2.24) is 0 Å². The second-order valence-corrected chi connectivity index (χ2v) is 7.21. The first-order valence-corrected chi connectivity index (χ1v) is 9.79. The Labute approximate surface area is 170 Å². The minimum Gasteiger partial charge on any atom is -0.493 e. The van der Waals surface area contributed by atoms with Crippen molar-refractivity contribution < 1.29 is 23.0 Å². The van der Waals surface area contributed by atoms with Crippen molar-refractivity contribution in [2.75, 3.05) is 37.0 Å². The minimum atomic E-state index is -0.692. The number of carbonyl (C=O) groups excluding carboxylic acids is 1. The summed E-state index contributed by atoms with van der Waals surface area (Å²) in [6, 6.07) is 5.34. The van der Waals surface area contributed by atoms with Crippen LogP contribution in [0.1, 0.15) is 30.1 Å². The van der Waals surface area contributed by atoms with Gasteiger partial charge in [0.05, 0.1) is 18.2 Å². The van der Waals surface area contributed by atoms with Gasteiger partial charge in [-0.1, -0.05) is 0 Å². The SMILES string of the molecule is CCOc1c(Br)cc(C(=O)Nc2cc(F)c(N3CCCC3)c(F)c2)cc1OC. The number of anilines is 2. The summed E-state index contributed by atoms with van der Waals surface area (Å²) in [5.41, 5.74) is 0.268. The van der Waals surface area contributed by atoms with E-state index in [1.165, 1.54) is 13.2 Å². The predicted octanol–water partition coefficient (Wildman–Crippen LogP) is 4.99. The van der Waals surface area contributed by atoms with E-state index in [-0.39, 0.29) is 16.9 Å². The molecular weight excluding hydrogens is 434 g/mol. The van der Waals surface area contributed by atoms with Gasteiger partial charge in [0.25, 0.3) is 5.91 Å². The molecule has 2 aromatic rings. The summed E-state index contributed by atoms with van der Waals surface area (Å²) in [6.07, 6.45) is 1.82. The lowest BCUT2D eigenvalue weighted by molar-refractivity contribution is 0.102. The van der Waals surface area contributed by atoms with Crippen molar-refractivity contribution in [3.63, 3.8) is 0 Å². The van der Waals surface area contributed by atoms with E-state index in [0.29, 0.717) is 35.7 Å². The maximum Gasteiger partial charge on any atom is 0.255 e. The number of hydrogen-bond acceptors (Lipinski definition) is 4. The Bertz CT molecular complexity index is 863. The van der Waals surface area contributed by atoms with E-state index < -0.39 is 17.5 Å². The number of benzene rings is 2. The number of halogens is 3. The molecule has 150 valence electrons. The molecule has 0 saturated carbocycles. The number of methoxy groups -OCH3 is 1. The quantitative estimate of drug-likeness (QED) is 0.667. The van der Waals surface area contributed by atoms with E-state index in [1.54, 1.807) is 11.0 Å². The van der Waals surface area contributed by atoms with E-state index >= 15 is 0 Å². The Hall–Kier alpha value is -2.35. The molecule has 0 spiro atoms. The molecule has 5 nitrogen and oxygen atoms in total. The number of ether oxygens (including phenoxy) is 2. The van der Waals surface area contributed by atoms with Crippen LogP contribution in [0.15, 0.2) is 28.7 Å². The van der Waals surface area contributed by atoms with E-state index in [1.807, 2.05) is 6.92 Å². The molecule has 8 heteroatoms. The molecule has 1 aliphatic heterocycles. The van der Waals surface area contributed by atoms with Crippen molar-refractivity contribution in [3.8, 4) is 11.5 Å². The van der Waals surface area contributed by atoms with Crippen LogP contribution in [0.4, 0.5) is 20.2 Å². The van der Waals surface area contributed by atoms with Gasteiger partial charge in [-0.3, -0.25) is 4.79 Å². The van der Waals surface area contributed by atoms with E-state index in [9.17, 15) is 13.6 Å². The van der Waals surface area contributed by atoms with Gasteiger partial charge < -0.3 is 19.7 Å². The Morgan fingerprint density at radius 3 is 2.39 bits per heavy atom. The van der Waals surface area contributed by atoms with Crippen molar-refractivity contribution in [2.45, 2.75) is 19.8 Å². The second kappa shape index (κ2) is 8.77. The summed E-state index contributed by atoms with van der Waals surface area (Å²) < 4.78 is 40.2. The van der Waals surface area contributed by atoms with Crippen molar-refractivity contribution in [3.05, 3.63) is 45.9 Å². The maximum atomic E-state index is 14.5. The topological polar surface area (TPSA) is 50.8 Å². The summed E-state index contributed by atoms with van der Waals surface area (Å²) in [5, 5.41) is 2.53. The fraction of sp³-hybridized carbons (Fsp3) is 0.350. The Balaban J connectivity index is 1.84. The summed E-state index contributed by atoms with van der Waals surface area (Å²) in [4.78, 5) is 14.3. The first-order valence-electron chi connectivity index (χ1n) is 9.00. The van der Waals surface area contributed by atoms with Crippen LogP contribution in [0, 0.1) is 11.6 Å². The average molecular weight is 455 g/mol. The highest BCUT2D eigenvalue weighted by Gasteiger charge is 2.22. The van der Waals surface area contributed by atoms with Gasteiger partial charge in [0, 0.05) is 24.3 Å². The molecule has 1 fully saturated rings. The molecule has 0 radical (unpaired) electrons. The van der Waals surface area contributed by atoms with Gasteiger partial charge in [-0.15, -0.1) is 0 Å². The van der Waals surface area contributed by atoms with Gasteiger partial charge in [-0.25, -0.2) is 8.78 Å². The third kappa shape index (κ3) is 4.22. The molecule has 1 N–H and O–H groups in total. The van der Waals surface area contributed by atoms with Crippen LogP contribution in [0.5, 0.6) is 11.5 Å². The molecule has 1 heterocycles. The largest absolute Gasteiger partial charge is 0.493 e. The van der Waals surface area contributed by atoms with Gasteiger partial charge in [0.1, 0.15) is 5.69 Å². The number of hydrogen-bond donors (Lipinski definition) is 1. The summed E-state index contributed by atoms with van der Waals surface area (Å²) in [6.45, 7) is 3.52. The van der Waals surface area contributed by atoms with Gasteiger partial charge in [0.15, 0.2) is 23.1 Å². The van der Waals surface area contributed by atoms with Crippen molar-refractivity contribution in [1.29, 1.82) is 0 Å². The molecular formula is C20H21BrF2N2O3. The Morgan fingerprint density at radius 1 is 1.18 bits per heavy atom. The normalized spacial score (nSPS) is 13.5. The third-order valence-corrected chi connectivity index (χ3v) is 5.07. The Morgan fingerprint density at radius 2 is 1.82 bits per heavy atom.